The molecule has 112 valence electrons. The number of amides is 2. The Morgan fingerprint density at radius 2 is 1.95 bits per heavy atom. The molecule has 0 aromatic heterocycles. The second-order valence-corrected chi connectivity index (χ2v) is 5.59. The van der Waals surface area contributed by atoms with Crippen molar-refractivity contribution in [1.29, 1.82) is 0 Å². The first kappa shape index (κ1) is 14.3. The first-order valence-electron chi connectivity index (χ1n) is 7.38. The highest BCUT2D eigenvalue weighted by Crippen LogP contribution is 2.23. The number of fused-ring (bicyclic) bond motifs is 1. The molecule has 3 rings (SSSR count). The number of nitrogens with one attached hydrogen (secondary N) is 2. The van der Waals surface area contributed by atoms with Gasteiger partial charge in [0.05, 0.1) is 6.42 Å². The molecule has 0 bridgehead atoms. The fourth-order valence-electron chi connectivity index (χ4n) is 2.57. The SMILES string of the molecule is Cc1ccc(C(=O)NCCc2ccc3c(c2)CC(=O)N3)cc1. The topological polar surface area (TPSA) is 58.2 Å². The second-order valence-electron chi connectivity index (χ2n) is 5.59. The highest BCUT2D eigenvalue weighted by molar-refractivity contribution is 5.99. The van der Waals surface area contributed by atoms with Crippen LogP contribution in [0.5, 0.6) is 0 Å². The lowest BCUT2D eigenvalue weighted by Gasteiger charge is -2.07. The zero-order valence-corrected chi connectivity index (χ0v) is 12.5. The molecule has 0 aliphatic carbocycles. The zero-order chi connectivity index (χ0) is 15.5. The van der Waals surface area contributed by atoms with E-state index in [1.54, 1.807) is 0 Å². The monoisotopic (exact) mass is 294 g/mol. The Bertz CT molecular complexity index is 720. The van der Waals surface area contributed by atoms with Crippen LogP contribution in [0.1, 0.15) is 27.0 Å². The molecule has 0 fully saturated rings. The highest BCUT2D eigenvalue weighted by atomic mass is 16.2. The van der Waals surface area contributed by atoms with E-state index in [0.29, 0.717) is 18.5 Å². The number of rotatable bonds is 4. The first-order chi connectivity index (χ1) is 10.6. The van der Waals surface area contributed by atoms with Gasteiger partial charge in [0.1, 0.15) is 0 Å². The molecule has 0 unspecified atom stereocenters. The number of carbonyl (C=O) groups excluding carboxylic acids is 2. The molecule has 1 aliphatic heterocycles. The van der Waals surface area contributed by atoms with Gasteiger partial charge in [-0.1, -0.05) is 29.8 Å². The average molecular weight is 294 g/mol. The Labute approximate surface area is 129 Å². The largest absolute Gasteiger partial charge is 0.352 e. The molecule has 22 heavy (non-hydrogen) atoms. The van der Waals surface area contributed by atoms with Crippen LogP contribution in [-0.4, -0.2) is 18.4 Å². The van der Waals surface area contributed by atoms with Gasteiger partial charge in [0.25, 0.3) is 5.91 Å². The van der Waals surface area contributed by atoms with Gasteiger partial charge in [0.15, 0.2) is 0 Å². The van der Waals surface area contributed by atoms with Crippen LogP contribution < -0.4 is 10.6 Å². The normalized spacial score (nSPS) is 12.7. The number of aryl methyl sites for hydroxylation is 1. The molecule has 4 heteroatoms. The van der Waals surface area contributed by atoms with Crippen LogP contribution >= 0.6 is 0 Å². The molecule has 2 aromatic rings. The fourth-order valence-corrected chi connectivity index (χ4v) is 2.57. The van der Waals surface area contributed by atoms with E-state index in [1.807, 2.05) is 49.4 Å². The van der Waals surface area contributed by atoms with Crippen molar-refractivity contribution in [2.45, 2.75) is 19.8 Å². The molecule has 2 N–H and O–H groups in total. The van der Waals surface area contributed by atoms with Crippen molar-refractivity contribution in [3.8, 4) is 0 Å². The van der Waals surface area contributed by atoms with Crippen LogP contribution in [-0.2, 0) is 17.6 Å². The number of carbonyl (C=O) groups is 2. The Kier molecular flexibility index (Phi) is 3.92. The van der Waals surface area contributed by atoms with Gasteiger partial charge in [-0.05, 0) is 42.7 Å². The number of benzene rings is 2. The van der Waals surface area contributed by atoms with Crippen LogP contribution in [0.2, 0.25) is 0 Å². The maximum absolute atomic E-state index is 12.0. The van der Waals surface area contributed by atoms with Gasteiger partial charge in [0.2, 0.25) is 5.91 Å². The molecule has 1 heterocycles. The van der Waals surface area contributed by atoms with Gasteiger partial charge in [-0.15, -0.1) is 0 Å². The van der Waals surface area contributed by atoms with Gasteiger partial charge in [-0.2, -0.15) is 0 Å². The third-order valence-corrected chi connectivity index (χ3v) is 3.81. The van der Waals surface area contributed by atoms with Gasteiger partial charge in [-0.25, -0.2) is 0 Å². The van der Waals surface area contributed by atoms with E-state index in [4.69, 9.17) is 0 Å². The molecule has 1 aliphatic rings. The molecule has 2 aromatic carbocycles. The summed E-state index contributed by atoms with van der Waals surface area (Å²) in [5, 5.41) is 5.74. The zero-order valence-electron chi connectivity index (χ0n) is 12.5. The molecule has 4 nitrogen and oxygen atoms in total. The van der Waals surface area contributed by atoms with Gasteiger partial charge in [0, 0.05) is 17.8 Å². The van der Waals surface area contributed by atoms with Gasteiger partial charge in [-0.3, -0.25) is 9.59 Å². The van der Waals surface area contributed by atoms with E-state index in [1.165, 1.54) is 0 Å². The minimum atomic E-state index is -0.0574. The summed E-state index contributed by atoms with van der Waals surface area (Å²) in [6.45, 7) is 2.57. The van der Waals surface area contributed by atoms with E-state index in [9.17, 15) is 9.59 Å². The molecular formula is C18H18N2O2. The second kappa shape index (κ2) is 6.02. The van der Waals surface area contributed by atoms with E-state index in [2.05, 4.69) is 10.6 Å². The summed E-state index contributed by atoms with van der Waals surface area (Å²) in [4.78, 5) is 23.3. The van der Waals surface area contributed by atoms with Crippen LogP contribution in [0.3, 0.4) is 0 Å². The number of hydrogen-bond donors (Lipinski definition) is 2. The molecular weight excluding hydrogens is 276 g/mol. The highest BCUT2D eigenvalue weighted by Gasteiger charge is 2.17. The van der Waals surface area contributed by atoms with Crippen molar-refractivity contribution in [2.24, 2.45) is 0 Å². The minimum Gasteiger partial charge on any atom is -0.352 e. The quantitative estimate of drug-likeness (QED) is 0.910. The average Bonchev–Trinajstić information content (AvgIpc) is 2.87. The summed E-state index contributed by atoms with van der Waals surface area (Å²) >= 11 is 0. The Hall–Kier alpha value is -2.62. The van der Waals surface area contributed by atoms with Crippen molar-refractivity contribution >= 4 is 17.5 Å². The lowest BCUT2D eigenvalue weighted by Crippen LogP contribution is -2.25. The lowest BCUT2D eigenvalue weighted by molar-refractivity contribution is -0.115. The van der Waals surface area contributed by atoms with Crippen molar-refractivity contribution in [3.63, 3.8) is 0 Å². The van der Waals surface area contributed by atoms with E-state index in [0.717, 1.165) is 28.8 Å². The van der Waals surface area contributed by atoms with Crippen molar-refractivity contribution in [3.05, 3.63) is 64.7 Å². The summed E-state index contributed by atoms with van der Waals surface area (Å²) in [6, 6.07) is 13.5. The van der Waals surface area contributed by atoms with Crippen molar-refractivity contribution in [1.82, 2.24) is 5.32 Å². The first-order valence-corrected chi connectivity index (χ1v) is 7.38. The van der Waals surface area contributed by atoms with Crippen LogP contribution in [0.4, 0.5) is 5.69 Å². The third-order valence-electron chi connectivity index (χ3n) is 3.81. The third kappa shape index (κ3) is 3.17. The smallest absolute Gasteiger partial charge is 0.251 e. The van der Waals surface area contributed by atoms with Crippen LogP contribution in [0.15, 0.2) is 42.5 Å². The molecule has 0 atom stereocenters. The van der Waals surface area contributed by atoms with Crippen LogP contribution in [0, 0.1) is 6.92 Å². The Morgan fingerprint density at radius 3 is 2.73 bits per heavy atom. The number of hydrogen-bond acceptors (Lipinski definition) is 2. The minimum absolute atomic E-state index is 0.0415. The predicted molar refractivity (Wildman–Crippen MR) is 86.0 cm³/mol. The van der Waals surface area contributed by atoms with Crippen molar-refractivity contribution in [2.75, 3.05) is 11.9 Å². The van der Waals surface area contributed by atoms with E-state index < -0.39 is 0 Å². The summed E-state index contributed by atoms with van der Waals surface area (Å²) in [5.74, 6) is -0.0159. The molecule has 0 saturated heterocycles. The van der Waals surface area contributed by atoms with E-state index >= 15 is 0 Å². The Balaban J connectivity index is 1.55. The maximum atomic E-state index is 12.0. The van der Waals surface area contributed by atoms with Crippen molar-refractivity contribution < 1.29 is 9.59 Å². The Morgan fingerprint density at radius 1 is 1.18 bits per heavy atom. The molecule has 2 amide bonds. The van der Waals surface area contributed by atoms with Crippen LogP contribution in [0.25, 0.3) is 0 Å². The fraction of sp³-hybridized carbons (Fsp3) is 0.222. The van der Waals surface area contributed by atoms with Gasteiger partial charge < -0.3 is 10.6 Å². The van der Waals surface area contributed by atoms with Gasteiger partial charge >= 0.3 is 0 Å². The maximum Gasteiger partial charge on any atom is 0.251 e. The number of anilines is 1. The molecule has 0 spiro atoms. The summed E-state index contributed by atoms with van der Waals surface area (Å²) in [6.07, 6.45) is 1.19. The standard InChI is InChI=1S/C18H18N2O2/c1-12-2-5-14(6-3-12)18(22)19-9-8-13-4-7-16-15(10-13)11-17(21)20-16/h2-7,10H,8-9,11H2,1H3,(H,19,22)(H,20,21). The summed E-state index contributed by atoms with van der Waals surface area (Å²) in [5.41, 5.74) is 4.87. The summed E-state index contributed by atoms with van der Waals surface area (Å²) in [7, 11) is 0. The lowest BCUT2D eigenvalue weighted by atomic mass is 10.1. The van der Waals surface area contributed by atoms with E-state index in [-0.39, 0.29) is 11.8 Å². The summed E-state index contributed by atoms with van der Waals surface area (Å²) < 4.78 is 0. The predicted octanol–water partition coefficient (Wildman–Crippen LogP) is 2.46. The molecule has 0 radical (unpaired) electrons. The molecule has 0 saturated carbocycles.